The molecule has 1 aromatic heterocycles. The summed E-state index contributed by atoms with van der Waals surface area (Å²) in [4.78, 5) is 30.8. The second-order valence-electron chi connectivity index (χ2n) is 5.41. The van der Waals surface area contributed by atoms with E-state index in [4.69, 9.17) is 10.8 Å². The van der Waals surface area contributed by atoms with Crippen LogP contribution in [0, 0.1) is 0 Å². The van der Waals surface area contributed by atoms with Gasteiger partial charge in [0.1, 0.15) is 10.7 Å². The molecular formula is C16H21N3O3S. The Morgan fingerprint density at radius 1 is 1.35 bits per heavy atom. The van der Waals surface area contributed by atoms with Crippen LogP contribution in [0.25, 0.3) is 6.08 Å². The zero-order chi connectivity index (χ0) is 17.0. The van der Waals surface area contributed by atoms with Gasteiger partial charge >= 0.3 is 5.97 Å². The van der Waals surface area contributed by atoms with Crippen molar-refractivity contribution in [3.05, 3.63) is 21.4 Å². The molecule has 1 aliphatic heterocycles. The average Bonchev–Trinajstić information content (AvgIpc) is 2.81. The zero-order valence-corrected chi connectivity index (χ0v) is 14.2. The van der Waals surface area contributed by atoms with Crippen LogP contribution in [-0.2, 0) is 4.79 Å². The predicted molar refractivity (Wildman–Crippen MR) is 92.3 cm³/mol. The molecule has 3 N–H and O–H groups in total. The van der Waals surface area contributed by atoms with Crippen LogP contribution < -0.4 is 5.73 Å². The highest BCUT2D eigenvalue weighted by molar-refractivity contribution is 7.15. The number of amidine groups is 1. The second-order valence-corrected chi connectivity index (χ2v) is 6.49. The molecule has 2 rings (SSSR count). The van der Waals surface area contributed by atoms with E-state index in [1.165, 1.54) is 6.07 Å². The van der Waals surface area contributed by atoms with E-state index in [2.05, 4.69) is 4.99 Å². The van der Waals surface area contributed by atoms with Crippen molar-refractivity contribution in [2.24, 2.45) is 10.7 Å². The van der Waals surface area contributed by atoms with Crippen LogP contribution in [0.15, 0.2) is 16.6 Å². The number of hydrogen-bond acceptors (Lipinski definition) is 5. The summed E-state index contributed by atoms with van der Waals surface area (Å²) in [6, 6.07) is 1.50. The number of rotatable bonds is 6. The summed E-state index contributed by atoms with van der Waals surface area (Å²) in [7, 11) is 0. The van der Waals surface area contributed by atoms with Crippen molar-refractivity contribution in [3.8, 4) is 0 Å². The van der Waals surface area contributed by atoms with E-state index in [0.717, 1.165) is 24.2 Å². The van der Waals surface area contributed by atoms with Gasteiger partial charge in [-0.1, -0.05) is 13.8 Å². The van der Waals surface area contributed by atoms with E-state index in [-0.39, 0.29) is 17.2 Å². The normalized spacial score (nSPS) is 13.7. The minimum atomic E-state index is -1.00. The summed E-state index contributed by atoms with van der Waals surface area (Å²) >= 11 is 1.11. The van der Waals surface area contributed by atoms with Gasteiger partial charge in [-0.05, 0) is 25.0 Å². The molecule has 6 nitrogen and oxygen atoms in total. The average molecular weight is 335 g/mol. The molecular weight excluding hydrogens is 314 g/mol. The number of thiophene rings is 1. The van der Waals surface area contributed by atoms with Crippen LogP contribution in [0.4, 0.5) is 5.69 Å². The number of carbonyl (C=O) groups is 2. The first-order chi connectivity index (χ1) is 11.0. The molecule has 0 saturated carbocycles. The van der Waals surface area contributed by atoms with Crippen LogP contribution in [-0.4, -0.2) is 40.8 Å². The predicted octanol–water partition coefficient (Wildman–Crippen LogP) is 2.87. The van der Waals surface area contributed by atoms with E-state index in [1.54, 1.807) is 6.08 Å². The molecule has 0 atom stereocenters. The fourth-order valence-electron chi connectivity index (χ4n) is 2.49. The minimum Gasteiger partial charge on any atom is -0.477 e. The summed E-state index contributed by atoms with van der Waals surface area (Å²) in [5.74, 6) is -0.729. The first-order valence-corrected chi connectivity index (χ1v) is 8.47. The largest absolute Gasteiger partial charge is 0.477 e. The van der Waals surface area contributed by atoms with Gasteiger partial charge < -0.3 is 15.7 Å². The quantitative estimate of drug-likeness (QED) is 0.835. The van der Waals surface area contributed by atoms with Gasteiger partial charge in [-0.25, -0.2) is 9.79 Å². The number of carboxylic acids is 1. The highest BCUT2D eigenvalue weighted by Crippen LogP contribution is 2.34. The lowest BCUT2D eigenvalue weighted by Gasteiger charge is -2.22. The highest BCUT2D eigenvalue weighted by Gasteiger charge is 2.22. The number of amides is 1. The number of carbonyl (C=O) groups excluding carboxylic acids is 1. The van der Waals surface area contributed by atoms with Gasteiger partial charge in [-0.3, -0.25) is 4.79 Å². The van der Waals surface area contributed by atoms with Crippen LogP contribution in [0.5, 0.6) is 0 Å². The number of nitrogens with two attached hydrogens (primary N) is 1. The monoisotopic (exact) mass is 335 g/mol. The molecule has 0 fully saturated rings. The Hall–Kier alpha value is -2.15. The maximum absolute atomic E-state index is 12.8. The van der Waals surface area contributed by atoms with E-state index < -0.39 is 5.97 Å². The lowest BCUT2D eigenvalue weighted by Crippen LogP contribution is -2.34. The number of nitrogens with zero attached hydrogens (tertiary/aromatic N) is 2. The molecule has 124 valence electrons. The van der Waals surface area contributed by atoms with Crippen molar-refractivity contribution in [2.45, 2.75) is 33.1 Å². The summed E-state index contributed by atoms with van der Waals surface area (Å²) in [5.41, 5.74) is 6.99. The molecule has 0 radical (unpaired) electrons. The van der Waals surface area contributed by atoms with Crippen LogP contribution >= 0.6 is 11.3 Å². The van der Waals surface area contributed by atoms with Crippen molar-refractivity contribution in [2.75, 3.05) is 13.1 Å². The lowest BCUT2D eigenvalue weighted by molar-refractivity contribution is -0.127. The zero-order valence-electron chi connectivity index (χ0n) is 13.3. The minimum absolute atomic E-state index is 0.0509. The van der Waals surface area contributed by atoms with Crippen molar-refractivity contribution in [1.82, 2.24) is 4.90 Å². The Labute approximate surface area is 139 Å². The Morgan fingerprint density at radius 3 is 2.57 bits per heavy atom. The second kappa shape index (κ2) is 7.41. The van der Waals surface area contributed by atoms with Gasteiger partial charge in [0, 0.05) is 25.1 Å². The summed E-state index contributed by atoms with van der Waals surface area (Å²) < 4.78 is 0. The van der Waals surface area contributed by atoms with Gasteiger partial charge in [0.2, 0.25) is 5.91 Å². The molecule has 1 amide bonds. The third-order valence-corrected chi connectivity index (χ3v) is 4.50. The highest BCUT2D eigenvalue weighted by atomic mass is 32.1. The fourth-order valence-corrected chi connectivity index (χ4v) is 3.39. The van der Waals surface area contributed by atoms with E-state index in [9.17, 15) is 9.59 Å². The fraction of sp³-hybridized carbons (Fsp3) is 0.438. The third kappa shape index (κ3) is 3.98. The van der Waals surface area contributed by atoms with E-state index in [0.29, 0.717) is 35.1 Å². The number of hydrogen-bond donors (Lipinski definition) is 2. The first-order valence-electron chi connectivity index (χ1n) is 7.66. The molecule has 0 spiro atoms. The molecule has 0 saturated heterocycles. The number of fused-ring (bicyclic) bond motifs is 1. The Bertz CT molecular complexity index is 670. The molecule has 2 heterocycles. The van der Waals surface area contributed by atoms with Crippen molar-refractivity contribution < 1.29 is 14.7 Å². The Kier molecular flexibility index (Phi) is 5.54. The van der Waals surface area contributed by atoms with Crippen molar-refractivity contribution in [3.63, 3.8) is 0 Å². The first kappa shape index (κ1) is 17.2. The van der Waals surface area contributed by atoms with Gasteiger partial charge in [-0.2, -0.15) is 0 Å². The maximum Gasteiger partial charge on any atom is 0.345 e. The molecule has 0 aliphatic carbocycles. The Balaban J connectivity index is 2.37. The van der Waals surface area contributed by atoms with Crippen LogP contribution in [0.1, 0.15) is 47.7 Å². The molecule has 1 aliphatic rings. The molecule has 0 aromatic carbocycles. The lowest BCUT2D eigenvalue weighted by atomic mass is 10.1. The topological polar surface area (TPSA) is 96.0 Å². The van der Waals surface area contributed by atoms with Crippen molar-refractivity contribution in [1.29, 1.82) is 0 Å². The van der Waals surface area contributed by atoms with Gasteiger partial charge in [0.25, 0.3) is 0 Å². The van der Waals surface area contributed by atoms with Gasteiger partial charge in [0.15, 0.2) is 0 Å². The Morgan fingerprint density at radius 2 is 2.00 bits per heavy atom. The molecule has 0 bridgehead atoms. The summed E-state index contributed by atoms with van der Waals surface area (Å²) in [6.45, 7) is 5.45. The summed E-state index contributed by atoms with van der Waals surface area (Å²) in [6.07, 6.45) is 3.79. The molecule has 7 heteroatoms. The standard InChI is InChI=1S/C16H21N3O3S/c1-3-5-19(6-4-2)15(20)10-7-12-11(18-14(17)8-10)9-13(23-12)16(21)22/h7,9H,3-6,8H2,1-2H3,(H2,17,18)(H,21,22). The van der Waals surface area contributed by atoms with Crippen molar-refractivity contribution >= 4 is 40.8 Å². The molecule has 0 unspecified atom stereocenters. The van der Waals surface area contributed by atoms with E-state index in [1.807, 2.05) is 18.7 Å². The molecule has 1 aromatic rings. The smallest absolute Gasteiger partial charge is 0.345 e. The van der Waals surface area contributed by atoms with Crippen LogP contribution in [0.3, 0.4) is 0 Å². The van der Waals surface area contributed by atoms with E-state index >= 15 is 0 Å². The van der Waals surface area contributed by atoms with Gasteiger partial charge in [0.05, 0.1) is 10.6 Å². The maximum atomic E-state index is 12.8. The number of carboxylic acid groups (broad SMARTS) is 1. The third-order valence-electron chi connectivity index (χ3n) is 3.44. The van der Waals surface area contributed by atoms with Crippen LogP contribution in [0.2, 0.25) is 0 Å². The molecule has 23 heavy (non-hydrogen) atoms. The number of aromatic carboxylic acids is 1. The van der Waals surface area contributed by atoms with Gasteiger partial charge in [-0.15, -0.1) is 11.3 Å². The number of aliphatic imine (C=N–C) groups is 1. The summed E-state index contributed by atoms with van der Waals surface area (Å²) in [5, 5.41) is 9.11. The SMILES string of the molecule is CCCN(CCC)C(=O)C1=Cc2sc(C(=O)O)cc2N=C(N)C1.